The molecule has 1 amide bonds. The van der Waals surface area contributed by atoms with Gasteiger partial charge in [0.2, 0.25) is 5.91 Å². The minimum atomic E-state index is -0.478. The zero-order valence-corrected chi connectivity index (χ0v) is 13.4. The molecule has 0 aliphatic carbocycles. The lowest BCUT2D eigenvalue weighted by molar-refractivity contribution is -0.123. The van der Waals surface area contributed by atoms with Crippen LogP contribution in [0.5, 0.6) is 0 Å². The molecule has 2 rings (SSSR count). The number of β-amino-alcohol motifs (C(OH)–C–C–N with tert-alkyl or cyclic N) is 1. The molecule has 1 aliphatic heterocycles. The molecule has 5 heteroatoms. The van der Waals surface area contributed by atoms with Crippen LogP contribution in [0.3, 0.4) is 0 Å². The molecule has 0 radical (unpaired) electrons. The van der Waals surface area contributed by atoms with Gasteiger partial charge in [0.1, 0.15) is 0 Å². The third kappa shape index (κ3) is 4.53. The molecule has 0 bridgehead atoms. The lowest BCUT2D eigenvalue weighted by Crippen LogP contribution is -2.48. The predicted molar refractivity (Wildman–Crippen MR) is 87.1 cm³/mol. The molecular weight excluding hydrogens is 278 g/mol. The van der Waals surface area contributed by atoms with Crippen molar-refractivity contribution < 1.29 is 9.90 Å². The van der Waals surface area contributed by atoms with Gasteiger partial charge >= 0.3 is 0 Å². The molecule has 4 N–H and O–H groups in total. The first kappa shape index (κ1) is 16.9. The molecule has 1 aromatic rings. The number of amides is 1. The van der Waals surface area contributed by atoms with Gasteiger partial charge in [-0.05, 0) is 17.9 Å². The zero-order chi connectivity index (χ0) is 16.1. The summed E-state index contributed by atoms with van der Waals surface area (Å²) >= 11 is 0. The molecular formula is C17H27N3O2. The highest BCUT2D eigenvalue weighted by molar-refractivity contribution is 5.81. The summed E-state index contributed by atoms with van der Waals surface area (Å²) in [5, 5.41) is 12.9. The van der Waals surface area contributed by atoms with Crippen LogP contribution in [0.2, 0.25) is 0 Å². The molecule has 5 nitrogen and oxygen atoms in total. The van der Waals surface area contributed by atoms with Gasteiger partial charge in [-0.25, -0.2) is 0 Å². The van der Waals surface area contributed by atoms with Crippen molar-refractivity contribution in [1.29, 1.82) is 0 Å². The number of hydrogen-bond donors (Lipinski definition) is 3. The van der Waals surface area contributed by atoms with E-state index in [-0.39, 0.29) is 24.0 Å². The van der Waals surface area contributed by atoms with Gasteiger partial charge in [0, 0.05) is 25.7 Å². The Bertz CT molecular complexity index is 478. The number of nitrogens with zero attached hydrogens (tertiary/aromatic N) is 1. The maximum absolute atomic E-state index is 12.0. The average Bonchev–Trinajstić information content (AvgIpc) is 2.84. The Kier molecular flexibility index (Phi) is 5.94. The van der Waals surface area contributed by atoms with Gasteiger partial charge < -0.3 is 16.2 Å². The van der Waals surface area contributed by atoms with E-state index < -0.39 is 6.04 Å². The molecule has 1 heterocycles. The second kappa shape index (κ2) is 7.72. The van der Waals surface area contributed by atoms with E-state index in [1.165, 1.54) is 5.56 Å². The van der Waals surface area contributed by atoms with Crippen LogP contribution in [0.25, 0.3) is 0 Å². The molecule has 1 aliphatic rings. The Balaban J connectivity index is 1.89. The number of aliphatic hydroxyl groups is 1. The first-order chi connectivity index (χ1) is 10.5. The summed E-state index contributed by atoms with van der Waals surface area (Å²) in [4.78, 5) is 14.2. The van der Waals surface area contributed by atoms with Crippen molar-refractivity contribution in [3.8, 4) is 0 Å². The minimum Gasteiger partial charge on any atom is -0.392 e. The number of hydrogen-bond acceptors (Lipinski definition) is 4. The average molecular weight is 305 g/mol. The minimum absolute atomic E-state index is 0.115. The van der Waals surface area contributed by atoms with E-state index in [9.17, 15) is 9.90 Å². The van der Waals surface area contributed by atoms with E-state index in [0.29, 0.717) is 19.5 Å². The number of nitrogens with one attached hydrogen (secondary N) is 1. The summed E-state index contributed by atoms with van der Waals surface area (Å²) in [6.45, 7) is 5.83. The third-order valence-corrected chi connectivity index (χ3v) is 4.27. The number of carbonyl (C=O) groups excluding carboxylic acids is 1. The normalized spacial score (nSPS) is 23.7. The summed E-state index contributed by atoms with van der Waals surface area (Å²) in [6.07, 6.45) is 0.355. The van der Waals surface area contributed by atoms with E-state index in [2.05, 4.69) is 22.3 Å². The Morgan fingerprint density at radius 2 is 2.09 bits per heavy atom. The fraction of sp³-hybridized carbons (Fsp3) is 0.588. The summed E-state index contributed by atoms with van der Waals surface area (Å²) in [5.74, 6) is 0.00522. The van der Waals surface area contributed by atoms with Crippen LogP contribution in [0.4, 0.5) is 0 Å². The van der Waals surface area contributed by atoms with Crippen LogP contribution in [-0.2, 0) is 11.3 Å². The number of benzene rings is 1. The second-order valence-electron chi connectivity index (χ2n) is 6.47. The zero-order valence-electron chi connectivity index (χ0n) is 13.4. The number of carbonyl (C=O) groups is 1. The molecule has 0 spiro atoms. The Hall–Kier alpha value is -1.43. The van der Waals surface area contributed by atoms with Gasteiger partial charge in [-0.3, -0.25) is 9.69 Å². The first-order valence-corrected chi connectivity index (χ1v) is 7.96. The SMILES string of the molecule is CC(C)[C@H](N)C(=O)NC[C@H]1C[C@@H](O)CN1Cc1ccccc1. The Morgan fingerprint density at radius 3 is 2.73 bits per heavy atom. The lowest BCUT2D eigenvalue weighted by atomic mass is 10.0. The van der Waals surface area contributed by atoms with Crippen molar-refractivity contribution >= 4 is 5.91 Å². The highest BCUT2D eigenvalue weighted by Crippen LogP contribution is 2.20. The van der Waals surface area contributed by atoms with Gasteiger partial charge in [0.05, 0.1) is 12.1 Å². The summed E-state index contributed by atoms with van der Waals surface area (Å²) in [6, 6.07) is 9.85. The van der Waals surface area contributed by atoms with Crippen molar-refractivity contribution in [2.45, 2.75) is 45.0 Å². The van der Waals surface area contributed by atoms with Crippen molar-refractivity contribution in [3.05, 3.63) is 35.9 Å². The summed E-state index contributed by atoms with van der Waals surface area (Å²) < 4.78 is 0. The summed E-state index contributed by atoms with van der Waals surface area (Å²) in [7, 11) is 0. The van der Waals surface area contributed by atoms with Crippen LogP contribution in [0.15, 0.2) is 30.3 Å². The lowest BCUT2D eigenvalue weighted by Gasteiger charge is -2.25. The maximum Gasteiger partial charge on any atom is 0.237 e. The number of nitrogens with two attached hydrogens (primary N) is 1. The molecule has 1 fully saturated rings. The highest BCUT2D eigenvalue weighted by atomic mass is 16.3. The van der Waals surface area contributed by atoms with Gasteiger partial charge in [0.25, 0.3) is 0 Å². The highest BCUT2D eigenvalue weighted by Gasteiger charge is 2.31. The Morgan fingerprint density at radius 1 is 1.41 bits per heavy atom. The van der Waals surface area contributed by atoms with Crippen molar-refractivity contribution in [2.75, 3.05) is 13.1 Å². The standard InChI is InChI=1S/C17H27N3O2/c1-12(2)16(18)17(22)19-9-14-8-15(21)11-20(14)10-13-6-4-3-5-7-13/h3-7,12,14-16,21H,8-11,18H2,1-2H3,(H,19,22)/t14-,15-,16+/m1/s1. The fourth-order valence-electron chi connectivity index (χ4n) is 2.82. The molecule has 3 atom stereocenters. The van der Waals surface area contributed by atoms with Crippen LogP contribution >= 0.6 is 0 Å². The molecule has 22 heavy (non-hydrogen) atoms. The summed E-state index contributed by atoms with van der Waals surface area (Å²) in [5.41, 5.74) is 7.07. The van der Waals surface area contributed by atoms with E-state index in [0.717, 1.165) is 6.54 Å². The largest absolute Gasteiger partial charge is 0.392 e. The van der Waals surface area contributed by atoms with Gasteiger partial charge in [-0.15, -0.1) is 0 Å². The van der Waals surface area contributed by atoms with Gasteiger partial charge in [-0.1, -0.05) is 44.2 Å². The number of likely N-dealkylation sites (tertiary alicyclic amines) is 1. The molecule has 1 saturated heterocycles. The van der Waals surface area contributed by atoms with Crippen LogP contribution in [0.1, 0.15) is 25.8 Å². The number of rotatable bonds is 6. The van der Waals surface area contributed by atoms with Crippen molar-refractivity contribution in [2.24, 2.45) is 11.7 Å². The van der Waals surface area contributed by atoms with Crippen molar-refractivity contribution in [1.82, 2.24) is 10.2 Å². The van der Waals surface area contributed by atoms with Crippen LogP contribution in [-0.4, -0.2) is 47.2 Å². The van der Waals surface area contributed by atoms with Gasteiger partial charge in [0.15, 0.2) is 0 Å². The van der Waals surface area contributed by atoms with Crippen molar-refractivity contribution in [3.63, 3.8) is 0 Å². The van der Waals surface area contributed by atoms with E-state index in [1.54, 1.807) is 0 Å². The first-order valence-electron chi connectivity index (χ1n) is 7.96. The van der Waals surface area contributed by atoms with E-state index in [4.69, 9.17) is 5.73 Å². The molecule has 0 saturated carbocycles. The second-order valence-corrected chi connectivity index (χ2v) is 6.47. The van der Waals surface area contributed by atoms with E-state index >= 15 is 0 Å². The fourth-order valence-corrected chi connectivity index (χ4v) is 2.82. The van der Waals surface area contributed by atoms with Crippen LogP contribution in [0, 0.1) is 5.92 Å². The number of aliphatic hydroxyl groups excluding tert-OH is 1. The smallest absolute Gasteiger partial charge is 0.237 e. The Labute approximate surface area is 132 Å². The molecule has 122 valence electrons. The maximum atomic E-state index is 12.0. The monoisotopic (exact) mass is 305 g/mol. The third-order valence-electron chi connectivity index (χ3n) is 4.27. The molecule has 1 aromatic carbocycles. The predicted octanol–water partition coefficient (Wildman–Crippen LogP) is 0.721. The molecule has 0 aromatic heterocycles. The quantitative estimate of drug-likeness (QED) is 0.724. The van der Waals surface area contributed by atoms with Crippen LogP contribution < -0.4 is 11.1 Å². The van der Waals surface area contributed by atoms with E-state index in [1.807, 2.05) is 32.0 Å². The van der Waals surface area contributed by atoms with Gasteiger partial charge in [-0.2, -0.15) is 0 Å². The molecule has 0 unspecified atom stereocenters. The topological polar surface area (TPSA) is 78.6 Å².